The molecular formula is C17H18N2O3S. The van der Waals surface area contributed by atoms with Crippen LogP contribution in [0.3, 0.4) is 0 Å². The van der Waals surface area contributed by atoms with Crippen molar-refractivity contribution in [2.75, 3.05) is 31.4 Å². The van der Waals surface area contributed by atoms with Crippen molar-refractivity contribution >= 4 is 23.2 Å². The highest BCUT2D eigenvalue weighted by Crippen LogP contribution is 2.38. The molecule has 1 aromatic carbocycles. The van der Waals surface area contributed by atoms with Gasteiger partial charge in [0.15, 0.2) is 11.5 Å². The van der Waals surface area contributed by atoms with Crippen molar-refractivity contribution in [3.63, 3.8) is 0 Å². The molecule has 0 aliphatic carbocycles. The first kappa shape index (κ1) is 15.4. The standard InChI is InChI=1S/C17H18N2O3S/c1-2-20-9-8-19(14-6-4-3-5-7-14)18-12-16-17-15(13-23-16)21-10-11-22-17/h2-7,12-13H,1,8-11H2/b18-12+. The second-order valence-electron chi connectivity index (χ2n) is 4.73. The van der Waals surface area contributed by atoms with Crippen LogP contribution < -0.4 is 14.5 Å². The second-order valence-corrected chi connectivity index (χ2v) is 5.64. The molecule has 0 unspecified atom stereocenters. The molecule has 0 saturated heterocycles. The van der Waals surface area contributed by atoms with E-state index in [2.05, 4.69) is 11.7 Å². The van der Waals surface area contributed by atoms with Crippen LogP contribution in [0.15, 0.2) is 53.7 Å². The fraction of sp³-hybridized carbons (Fsp3) is 0.235. The molecule has 23 heavy (non-hydrogen) atoms. The average molecular weight is 330 g/mol. The van der Waals surface area contributed by atoms with E-state index in [1.165, 1.54) is 6.26 Å². The van der Waals surface area contributed by atoms with Gasteiger partial charge in [0.1, 0.15) is 19.8 Å². The average Bonchev–Trinajstić information content (AvgIpc) is 3.02. The molecule has 5 nitrogen and oxygen atoms in total. The van der Waals surface area contributed by atoms with Crippen LogP contribution in [0.25, 0.3) is 0 Å². The molecule has 120 valence electrons. The lowest BCUT2D eigenvalue weighted by atomic mass is 10.3. The number of fused-ring (bicyclic) bond motifs is 1. The topological polar surface area (TPSA) is 43.3 Å². The van der Waals surface area contributed by atoms with E-state index in [1.807, 2.05) is 40.7 Å². The predicted molar refractivity (Wildman–Crippen MR) is 92.8 cm³/mol. The van der Waals surface area contributed by atoms with Gasteiger partial charge in [0.2, 0.25) is 0 Å². The lowest BCUT2D eigenvalue weighted by Gasteiger charge is -2.19. The van der Waals surface area contributed by atoms with Crippen LogP contribution in [0, 0.1) is 0 Å². The Bertz CT molecular complexity index is 670. The first-order valence-electron chi connectivity index (χ1n) is 7.34. The van der Waals surface area contributed by atoms with Crippen LogP contribution in [0.2, 0.25) is 0 Å². The Balaban J connectivity index is 1.77. The molecule has 0 bridgehead atoms. The summed E-state index contributed by atoms with van der Waals surface area (Å²) in [5, 5.41) is 8.42. The summed E-state index contributed by atoms with van der Waals surface area (Å²) >= 11 is 1.56. The number of para-hydroxylation sites is 1. The Hall–Kier alpha value is -2.47. The Kier molecular flexibility index (Phi) is 5.16. The molecule has 0 saturated carbocycles. The SMILES string of the molecule is C=COCCN(/N=C/c1scc2c1OCCO2)c1ccccc1. The fourth-order valence-electron chi connectivity index (χ4n) is 2.17. The zero-order valence-electron chi connectivity index (χ0n) is 12.7. The van der Waals surface area contributed by atoms with Gasteiger partial charge in [-0.2, -0.15) is 5.10 Å². The van der Waals surface area contributed by atoms with Gasteiger partial charge in [-0.1, -0.05) is 24.8 Å². The van der Waals surface area contributed by atoms with Gasteiger partial charge in [-0.05, 0) is 12.1 Å². The minimum absolute atomic E-state index is 0.512. The summed E-state index contributed by atoms with van der Waals surface area (Å²) in [7, 11) is 0. The largest absolute Gasteiger partial charge is 0.500 e. The zero-order valence-corrected chi connectivity index (χ0v) is 13.5. The third-order valence-electron chi connectivity index (χ3n) is 3.24. The van der Waals surface area contributed by atoms with E-state index >= 15 is 0 Å². The Labute approximate surface area is 139 Å². The lowest BCUT2D eigenvalue weighted by molar-refractivity contribution is 0.173. The Morgan fingerprint density at radius 3 is 2.91 bits per heavy atom. The van der Waals surface area contributed by atoms with E-state index in [1.54, 1.807) is 17.6 Å². The van der Waals surface area contributed by atoms with Crippen molar-refractivity contribution in [3.8, 4) is 11.5 Å². The highest BCUT2D eigenvalue weighted by atomic mass is 32.1. The Morgan fingerprint density at radius 2 is 2.09 bits per heavy atom. The predicted octanol–water partition coefficient (Wildman–Crippen LogP) is 3.52. The van der Waals surface area contributed by atoms with Crippen molar-refractivity contribution in [3.05, 3.63) is 53.4 Å². The molecule has 6 heteroatoms. The number of hydrazone groups is 1. The van der Waals surface area contributed by atoms with Crippen molar-refractivity contribution < 1.29 is 14.2 Å². The lowest BCUT2D eigenvalue weighted by Crippen LogP contribution is -2.21. The summed E-state index contributed by atoms with van der Waals surface area (Å²) in [6.45, 7) is 5.85. The number of anilines is 1. The summed E-state index contributed by atoms with van der Waals surface area (Å²) in [4.78, 5) is 0.949. The highest BCUT2D eigenvalue weighted by molar-refractivity contribution is 7.12. The normalized spacial score (nSPS) is 13.0. The van der Waals surface area contributed by atoms with E-state index in [4.69, 9.17) is 14.2 Å². The molecule has 2 aromatic rings. The zero-order chi connectivity index (χ0) is 15.9. The third kappa shape index (κ3) is 3.84. The summed E-state index contributed by atoms with van der Waals surface area (Å²) in [6, 6.07) is 9.96. The van der Waals surface area contributed by atoms with Crippen molar-refractivity contribution in [1.82, 2.24) is 0 Å². The second kappa shape index (κ2) is 7.69. The molecule has 0 spiro atoms. The maximum atomic E-state index is 5.67. The molecule has 0 amide bonds. The van der Waals surface area contributed by atoms with Gasteiger partial charge >= 0.3 is 0 Å². The maximum Gasteiger partial charge on any atom is 0.180 e. The monoisotopic (exact) mass is 330 g/mol. The maximum absolute atomic E-state index is 5.67. The summed E-state index contributed by atoms with van der Waals surface area (Å²) in [5.74, 6) is 1.57. The van der Waals surface area contributed by atoms with Gasteiger partial charge in [-0.25, -0.2) is 0 Å². The molecule has 1 aromatic heterocycles. The van der Waals surface area contributed by atoms with Crippen molar-refractivity contribution in [2.45, 2.75) is 0 Å². The molecule has 0 atom stereocenters. The molecule has 1 aliphatic rings. The van der Waals surface area contributed by atoms with Crippen molar-refractivity contribution in [2.24, 2.45) is 5.10 Å². The number of rotatable bonds is 7. The third-order valence-corrected chi connectivity index (χ3v) is 4.11. The van der Waals surface area contributed by atoms with E-state index in [-0.39, 0.29) is 0 Å². The molecule has 3 rings (SSSR count). The highest BCUT2D eigenvalue weighted by Gasteiger charge is 2.17. The van der Waals surface area contributed by atoms with Crippen LogP contribution in [0.4, 0.5) is 5.69 Å². The first-order chi connectivity index (χ1) is 11.4. The molecule has 2 heterocycles. The summed E-state index contributed by atoms with van der Waals surface area (Å²) < 4.78 is 16.4. The number of thiophene rings is 1. The number of benzene rings is 1. The van der Waals surface area contributed by atoms with Gasteiger partial charge in [0.05, 0.1) is 29.6 Å². The van der Waals surface area contributed by atoms with Gasteiger partial charge in [-0.15, -0.1) is 11.3 Å². The molecule has 1 aliphatic heterocycles. The van der Waals surface area contributed by atoms with Crippen LogP contribution in [-0.4, -0.2) is 32.6 Å². The fourth-order valence-corrected chi connectivity index (χ4v) is 2.95. The molecule has 0 radical (unpaired) electrons. The van der Waals surface area contributed by atoms with Crippen molar-refractivity contribution in [1.29, 1.82) is 0 Å². The van der Waals surface area contributed by atoms with Crippen LogP contribution in [0.5, 0.6) is 11.5 Å². The van der Waals surface area contributed by atoms with E-state index in [9.17, 15) is 0 Å². The van der Waals surface area contributed by atoms with Crippen LogP contribution in [0.1, 0.15) is 4.88 Å². The van der Waals surface area contributed by atoms with E-state index in [0.717, 1.165) is 22.1 Å². The van der Waals surface area contributed by atoms with E-state index < -0.39 is 0 Å². The van der Waals surface area contributed by atoms with Gasteiger partial charge < -0.3 is 14.2 Å². The first-order valence-corrected chi connectivity index (χ1v) is 8.22. The molecular weight excluding hydrogens is 312 g/mol. The number of hydrogen-bond acceptors (Lipinski definition) is 6. The number of ether oxygens (including phenoxy) is 3. The smallest absolute Gasteiger partial charge is 0.180 e. The minimum atomic E-state index is 0.512. The number of hydrogen-bond donors (Lipinski definition) is 0. The van der Waals surface area contributed by atoms with Gasteiger partial charge in [0.25, 0.3) is 0 Å². The van der Waals surface area contributed by atoms with Crippen LogP contribution in [-0.2, 0) is 4.74 Å². The molecule has 0 fully saturated rings. The number of nitrogens with zero attached hydrogens (tertiary/aromatic N) is 2. The Morgan fingerprint density at radius 1 is 1.26 bits per heavy atom. The summed E-state index contributed by atoms with van der Waals surface area (Å²) in [5.41, 5.74) is 0.999. The summed E-state index contributed by atoms with van der Waals surface area (Å²) in [6.07, 6.45) is 3.24. The van der Waals surface area contributed by atoms with Crippen LogP contribution >= 0.6 is 11.3 Å². The van der Waals surface area contributed by atoms with Gasteiger partial charge in [-0.3, -0.25) is 5.01 Å². The quantitative estimate of drug-likeness (QED) is 0.337. The van der Waals surface area contributed by atoms with E-state index in [0.29, 0.717) is 26.4 Å². The molecule has 0 N–H and O–H groups in total. The van der Waals surface area contributed by atoms with Gasteiger partial charge in [0, 0.05) is 5.38 Å². The minimum Gasteiger partial charge on any atom is -0.500 e.